The molecule has 0 atom stereocenters. The number of carboxylic acid groups (broad SMARTS) is 4. The van der Waals surface area contributed by atoms with E-state index in [1.54, 1.807) is 6.08 Å². The topological polar surface area (TPSA) is 277 Å². The Bertz CT molecular complexity index is 452. The minimum absolute atomic E-state index is 0. The maximum absolute atomic E-state index is 9.60. The van der Waals surface area contributed by atoms with Crippen molar-refractivity contribution in [3.63, 3.8) is 0 Å². The smallest absolute Gasteiger partial charge is 0.330 e. The van der Waals surface area contributed by atoms with Crippen LogP contribution in [-0.2, 0) is 24.0 Å². The van der Waals surface area contributed by atoms with Crippen molar-refractivity contribution in [3.8, 4) is 13.1 Å². The highest BCUT2D eigenvalue weighted by Crippen LogP contribution is 1.81. The lowest BCUT2D eigenvalue weighted by Gasteiger charge is -1.79. The standard InChI is InChI=1S/2C4H6O2.C3H6O.C3H6.9C2H6.C2H4.2CHN.2CH2O2.4CH4.2H2O/c2*1-3(2)4(5)6;1-3(2)4;1-3-2;12*1-2;2*2-1-3;;;;;;/h2*1H2,2H3,(H,5,6);1-2H3;3H,1H2,2H3;9*1-2H3;1-2H2;2*1H;2*1H,(H,2,3);4*1H4;2*1H2. The van der Waals surface area contributed by atoms with Crippen LogP contribution in [0, 0.1) is 23.7 Å². The summed E-state index contributed by atoms with van der Waals surface area (Å²) in [5.74, 6) is -1.70. The molecule has 0 aromatic rings. The lowest BCUT2D eigenvalue weighted by atomic mass is 10.4. The Kier molecular flexibility index (Phi) is 2070. The molecule has 0 fully saturated rings. The van der Waals surface area contributed by atoms with Crippen LogP contribution in [0.5, 0.6) is 0 Å². The van der Waals surface area contributed by atoms with Gasteiger partial charge in [-0.2, -0.15) is 0 Å². The summed E-state index contributed by atoms with van der Waals surface area (Å²) < 4.78 is 0. The van der Waals surface area contributed by atoms with Gasteiger partial charge < -0.3 is 36.2 Å². The SMILES string of the molecule is C.C.C.C.C#N.C#N.C=C.C=C(C)C(=O)O.C=C(C)C(=O)O.C=CC.CC.CC.CC.CC.CC.CC.CC.CC.CC.CC(C)=O.O.O.O=CO.O=CO. The number of carboxylic acids is 2. The minimum atomic E-state index is -0.935. The highest BCUT2D eigenvalue weighted by atomic mass is 16.4. The summed E-state index contributed by atoms with van der Waals surface area (Å²) in [6.45, 7) is 66.0. The number of nitriles is 2. The molecular weight excluding hydrogens is 708 g/mol. The molecule has 0 amide bonds. The van der Waals surface area contributed by atoms with Crippen LogP contribution in [0.4, 0.5) is 0 Å². The molecular formula is C42H108N2O11. The first kappa shape index (κ1) is 176. The van der Waals surface area contributed by atoms with E-state index in [0.29, 0.717) is 0 Å². The fourth-order valence-corrected chi connectivity index (χ4v) is 0. The number of aliphatic carboxylic acids is 2. The highest BCUT2D eigenvalue weighted by Gasteiger charge is 1.90. The third-order valence-corrected chi connectivity index (χ3v) is 0.730. The average Bonchev–Trinajstić information content (AvgIpc) is 3.16. The zero-order valence-corrected chi connectivity index (χ0v) is 37.6. The third kappa shape index (κ3) is 9550. The fourth-order valence-electron chi connectivity index (χ4n) is 0. The number of hydrogen-bond acceptors (Lipinski definition) is 7. The van der Waals surface area contributed by atoms with Gasteiger partial charge in [-0.3, -0.25) is 9.59 Å². The van der Waals surface area contributed by atoms with Gasteiger partial charge in [0.25, 0.3) is 12.9 Å². The number of hydrogen-bond donors (Lipinski definition) is 4. The van der Waals surface area contributed by atoms with Crippen LogP contribution in [0.1, 0.15) is 189 Å². The number of allylic oxidation sites excluding steroid dienone is 1. The van der Waals surface area contributed by atoms with Crippen molar-refractivity contribution in [1.82, 2.24) is 0 Å². The Morgan fingerprint density at radius 1 is 0.473 bits per heavy atom. The van der Waals surface area contributed by atoms with E-state index < -0.39 is 11.9 Å². The number of carbonyl (C=O) groups is 5. The molecule has 0 aromatic heterocycles. The monoisotopic (exact) mass is 817 g/mol. The van der Waals surface area contributed by atoms with Crippen LogP contribution in [0.3, 0.4) is 0 Å². The Hall–Kier alpha value is -4.59. The molecule has 0 aliphatic rings. The summed E-state index contributed by atoms with van der Waals surface area (Å²) in [7, 11) is 0. The van der Waals surface area contributed by atoms with E-state index in [9.17, 15) is 14.4 Å². The van der Waals surface area contributed by atoms with E-state index in [4.69, 9.17) is 40.5 Å². The van der Waals surface area contributed by atoms with Crippen LogP contribution < -0.4 is 0 Å². The van der Waals surface area contributed by atoms with Gasteiger partial charge in [-0.25, -0.2) is 20.1 Å². The van der Waals surface area contributed by atoms with Gasteiger partial charge in [-0.05, 0) is 34.6 Å². The van der Waals surface area contributed by atoms with Gasteiger partial charge in [0.05, 0.1) is 0 Å². The van der Waals surface area contributed by atoms with Gasteiger partial charge in [0, 0.05) is 24.3 Å². The van der Waals surface area contributed by atoms with Crippen molar-refractivity contribution in [2.75, 3.05) is 0 Å². The number of ketones is 1. The van der Waals surface area contributed by atoms with E-state index in [-0.39, 0.29) is 70.5 Å². The molecule has 0 spiro atoms. The van der Waals surface area contributed by atoms with Crippen molar-refractivity contribution in [1.29, 1.82) is 10.5 Å². The molecule has 0 unspecified atom stereocenters. The van der Waals surface area contributed by atoms with Crippen LogP contribution >= 0.6 is 0 Å². The maximum atomic E-state index is 9.60. The van der Waals surface area contributed by atoms with Crippen molar-refractivity contribution in [2.24, 2.45) is 0 Å². The van der Waals surface area contributed by atoms with E-state index >= 15 is 0 Å². The normalized spacial score (nSPS) is 3.91. The van der Waals surface area contributed by atoms with Crippen molar-refractivity contribution >= 4 is 30.7 Å². The predicted molar refractivity (Wildman–Crippen MR) is 255 cm³/mol. The second-order valence-corrected chi connectivity index (χ2v) is 3.70. The molecule has 0 radical (unpaired) electrons. The zero-order valence-electron chi connectivity index (χ0n) is 37.6. The van der Waals surface area contributed by atoms with Crippen LogP contribution in [-0.4, -0.2) is 62.0 Å². The number of carbonyl (C=O) groups excluding carboxylic acids is 1. The van der Waals surface area contributed by atoms with Crippen LogP contribution in [0.25, 0.3) is 0 Å². The second kappa shape index (κ2) is 644. The number of rotatable bonds is 2. The van der Waals surface area contributed by atoms with E-state index in [1.165, 1.54) is 27.7 Å². The lowest BCUT2D eigenvalue weighted by Crippen LogP contribution is -1.92. The van der Waals surface area contributed by atoms with E-state index in [1.807, 2.05) is 132 Å². The minimum Gasteiger partial charge on any atom is -0.483 e. The van der Waals surface area contributed by atoms with Crippen LogP contribution in [0.2, 0.25) is 0 Å². The third-order valence-electron chi connectivity index (χ3n) is 0.730. The van der Waals surface area contributed by atoms with E-state index in [0.717, 1.165) is 0 Å². The summed E-state index contributed by atoms with van der Waals surface area (Å²) >= 11 is 0. The Morgan fingerprint density at radius 2 is 0.491 bits per heavy atom. The molecule has 13 heteroatoms. The molecule has 0 saturated heterocycles. The molecule has 8 N–H and O–H groups in total. The second-order valence-electron chi connectivity index (χ2n) is 3.70. The van der Waals surface area contributed by atoms with Crippen molar-refractivity contribution in [3.05, 3.63) is 50.1 Å². The predicted octanol–water partition coefficient (Wildman–Crippen LogP) is 13.7. The highest BCUT2D eigenvalue weighted by molar-refractivity contribution is 5.85. The lowest BCUT2D eigenvalue weighted by molar-refractivity contribution is -0.133. The first-order chi connectivity index (χ1) is 23.3. The molecule has 0 heterocycles. The van der Waals surface area contributed by atoms with Crippen molar-refractivity contribution < 1.29 is 55.4 Å². The van der Waals surface area contributed by atoms with Gasteiger partial charge in [0.1, 0.15) is 5.78 Å². The molecule has 0 bridgehead atoms. The molecule has 0 saturated carbocycles. The van der Waals surface area contributed by atoms with Gasteiger partial charge >= 0.3 is 11.9 Å². The average molecular weight is 817 g/mol. The zero-order chi connectivity index (χ0) is 46.0. The quantitative estimate of drug-likeness (QED) is 0.115. The maximum Gasteiger partial charge on any atom is 0.330 e. The summed E-state index contributed by atoms with van der Waals surface area (Å²) in [4.78, 5) is 45.4. The van der Waals surface area contributed by atoms with Gasteiger partial charge in [-0.1, -0.05) is 174 Å². The summed E-state index contributed by atoms with van der Waals surface area (Å²) in [5, 5.41) is 42.6. The Morgan fingerprint density at radius 3 is 0.491 bits per heavy atom. The van der Waals surface area contributed by atoms with Gasteiger partial charge in [0.2, 0.25) is 0 Å². The molecule has 0 aliphatic carbocycles. The van der Waals surface area contributed by atoms with Crippen LogP contribution in [0.15, 0.2) is 50.1 Å². The first-order valence-electron chi connectivity index (χ1n) is 16.3. The molecule has 0 aromatic carbocycles. The summed E-state index contributed by atoms with van der Waals surface area (Å²) in [5.41, 5.74) is 0.352. The molecule has 0 aliphatic heterocycles. The van der Waals surface area contributed by atoms with Gasteiger partial charge in [0.15, 0.2) is 0 Å². The summed E-state index contributed by atoms with van der Waals surface area (Å²) in [6, 6.07) is 0. The molecule has 0 rings (SSSR count). The number of nitrogens with zero attached hydrogens (tertiary/aromatic N) is 2. The largest absolute Gasteiger partial charge is 0.483 e. The fraction of sp³-hybridized carbons (Fsp3) is 0.643. The number of Topliss-reactive ketones (excluding diaryl/α,β-unsaturated/α-hetero) is 1. The summed E-state index contributed by atoms with van der Waals surface area (Å²) in [6.07, 6.45) is 1.75. The Labute approximate surface area is 348 Å². The van der Waals surface area contributed by atoms with Gasteiger partial charge in [-0.15, -0.1) is 19.7 Å². The first-order valence-corrected chi connectivity index (χ1v) is 16.3. The van der Waals surface area contributed by atoms with Crippen molar-refractivity contribution in [2.45, 2.75) is 189 Å². The van der Waals surface area contributed by atoms with E-state index in [2.05, 4.69) is 46.0 Å². The Balaban J connectivity index is -0.00000000852. The molecule has 55 heavy (non-hydrogen) atoms. The molecule has 13 nitrogen and oxygen atoms in total. The molecule has 352 valence electrons.